The van der Waals surface area contributed by atoms with E-state index in [1.54, 1.807) is 12.1 Å². The topological polar surface area (TPSA) is 48.7 Å². The van der Waals surface area contributed by atoms with E-state index in [2.05, 4.69) is 63.6 Å². The van der Waals surface area contributed by atoms with Crippen LogP contribution in [0, 0.1) is 0 Å². The third-order valence-electron chi connectivity index (χ3n) is 5.60. The molecule has 29 heavy (non-hydrogen) atoms. The highest BCUT2D eigenvalue weighted by Crippen LogP contribution is 2.28. The van der Waals surface area contributed by atoms with Crippen LogP contribution in [0.15, 0.2) is 71.3 Å². The molecule has 150 valence electrons. The molecule has 5 nitrogen and oxygen atoms in total. The van der Waals surface area contributed by atoms with Crippen LogP contribution in [0.5, 0.6) is 0 Å². The standard InChI is InChI=1S/C24H27N3O2/c1-26(2)21-11-9-19(10-12-21)22(16-25-24(28)23-8-5-15-29-23)27-14-13-18-6-3-4-7-20(18)17-27/h3-12,15,22H,13-14,16-17H2,1-2H3,(H,25,28)/t22-/m0/s1. The highest BCUT2D eigenvalue weighted by atomic mass is 16.3. The zero-order chi connectivity index (χ0) is 20.2. The summed E-state index contributed by atoms with van der Waals surface area (Å²) in [5, 5.41) is 3.06. The molecule has 0 unspecified atom stereocenters. The average molecular weight is 389 g/mol. The largest absolute Gasteiger partial charge is 0.459 e. The molecule has 1 aliphatic heterocycles. The van der Waals surface area contributed by atoms with E-state index in [9.17, 15) is 4.79 Å². The number of hydrogen-bond donors (Lipinski definition) is 1. The first-order valence-electron chi connectivity index (χ1n) is 10.0. The number of fused-ring (bicyclic) bond motifs is 1. The van der Waals surface area contributed by atoms with Gasteiger partial charge in [0.1, 0.15) is 0 Å². The second-order valence-electron chi connectivity index (χ2n) is 7.68. The predicted molar refractivity (Wildman–Crippen MR) is 115 cm³/mol. The minimum atomic E-state index is -0.178. The fraction of sp³-hybridized carbons (Fsp3) is 0.292. The van der Waals surface area contributed by atoms with E-state index in [4.69, 9.17) is 4.42 Å². The predicted octanol–water partition coefficient (Wildman–Crippen LogP) is 3.88. The van der Waals surface area contributed by atoms with Gasteiger partial charge in [-0.15, -0.1) is 0 Å². The van der Waals surface area contributed by atoms with Crippen molar-refractivity contribution in [3.63, 3.8) is 0 Å². The molecule has 0 saturated carbocycles. The summed E-state index contributed by atoms with van der Waals surface area (Å²) >= 11 is 0. The Morgan fingerprint density at radius 3 is 2.52 bits per heavy atom. The number of carbonyl (C=O) groups is 1. The van der Waals surface area contributed by atoms with Gasteiger partial charge in [0.15, 0.2) is 5.76 Å². The van der Waals surface area contributed by atoms with Crippen molar-refractivity contribution in [2.45, 2.75) is 19.0 Å². The number of nitrogens with one attached hydrogen (secondary N) is 1. The van der Waals surface area contributed by atoms with Gasteiger partial charge < -0.3 is 14.6 Å². The van der Waals surface area contributed by atoms with E-state index in [0.29, 0.717) is 12.3 Å². The molecule has 4 rings (SSSR count). The molecule has 0 fully saturated rings. The van der Waals surface area contributed by atoms with E-state index < -0.39 is 0 Å². The van der Waals surface area contributed by atoms with Crippen molar-refractivity contribution < 1.29 is 9.21 Å². The Kier molecular flexibility index (Phi) is 5.67. The first-order valence-corrected chi connectivity index (χ1v) is 10.0. The first-order chi connectivity index (χ1) is 14.1. The molecule has 1 aliphatic rings. The Labute approximate surface area is 171 Å². The average Bonchev–Trinajstić information content (AvgIpc) is 3.29. The van der Waals surface area contributed by atoms with Crippen molar-refractivity contribution in [3.8, 4) is 0 Å². The lowest BCUT2D eigenvalue weighted by Crippen LogP contribution is -2.40. The second-order valence-corrected chi connectivity index (χ2v) is 7.68. The number of benzene rings is 2. The normalized spacial score (nSPS) is 14.8. The number of nitrogens with zero attached hydrogens (tertiary/aromatic N) is 2. The number of amides is 1. The summed E-state index contributed by atoms with van der Waals surface area (Å²) in [6, 6.07) is 20.7. The molecule has 0 saturated heterocycles. The SMILES string of the molecule is CN(C)c1ccc([C@H](CNC(=O)c2ccco2)N2CCc3ccccc3C2)cc1. The lowest BCUT2D eigenvalue weighted by Gasteiger charge is -2.36. The fourth-order valence-corrected chi connectivity index (χ4v) is 3.92. The Morgan fingerprint density at radius 1 is 1.07 bits per heavy atom. The molecule has 5 heteroatoms. The van der Waals surface area contributed by atoms with Gasteiger partial charge in [0, 0.05) is 39.4 Å². The molecule has 0 spiro atoms. The maximum Gasteiger partial charge on any atom is 0.287 e. The molecule has 3 aromatic rings. The number of rotatable bonds is 6. The zero-order valence-electron chi connectivity index (χ0n) is 17.0. The molecule has 1 aromatic heterocycles. The molecular formula is C24H27N3O2. The Balaban J connectivity index is 1.56. The van der Waals surface area contributed by atoms with Crippen LogP contribution in [0.4, 0.5) is 5.69 Å². The lowest BCUT2D eigenvalue weighted by atomic mass is 9.96. The van der Waals surface area contributed by atoms with E-state index in [0.717, 1.165) is 25.2 Å². The number of carbonyl (C=O) groups excluding carboxylic acids is 1. The van der Waals surface area contributed by atoms with Crippen LogP contribution in [-0.4, -0.2) is 38.0 Å². The van der Waals surface area contributed by atoms with Gasteiger partial charge in [-0.05, 0) is 47.4 Å². The maximum atomic E-state index is 12.4. The van der Waals surface area contributed by atoms with Gasteiger partial charge in [-0.3, -0.25) is 9.69 Å². The number of anilines is 1. The van der Waals surface area contributed by atoms with Gasteiger partial charge in [-0.2, -0.15) is 0 Å². The molecule has 0 bridgehead atoms. The van der Waals surface area contributed by atoms with Gasteiger partial charge in [0.25, 0.3) is 5.91 Å². The highest BCUT2D eigenvalue weighted by molar-refractivity contribution is 5.91. The van der Waals surface area contributed by atoms with E-state index in [1.807, 2.05) is 14.1 Å². The van der Waals surface area contributed by atoms with Crippen molar-refractivity contribution in [1.82, 2.24) is 10.2 Å². The van der Waals surface area contributed by atoms with Crippen molar-refractivity contribution >= 4 is 11.6 Å². The Morgan fingerprint density at radius 2 is 1.83 bits per heavy atom. The summed E-state index contributed by atoms with van der Waals surface area (Å²) in [5.74, 6) is 0.165. The van der Waals surface area contributed by atoms with Gasteiger partial charge in [-0.1, -0.05) is 36.4 Å². The van der Waals surface area contributed by atoms with Crippen LogP contribution >= 0.6 is 0 Å². The van der Waals surface area contributed by atoms with Crippen molar-refractivity contribution in [3.05, 3.63) is 89.4 Å². The van der Waals surface area contributed by atoms with E-state index in [1.165, 1.54) is 23.0 Å². The minimum absolute atomic E-state index is 0.0958. The monoisotopic (exact) mass is 389 g/mol. The third-order valence-corrected chi connectivity index (χ3v) is 5.60. The first kappa shape index (κ1) is 19.3. The molecule has 2 aromatic carbocycles. The minimum Gasteiger partial charge on any atom is -0.459 e. The van der Waals surface area contributed by atoms with Crippen LogP contribution in [0.2, 0.25) is 0 Å². The summed E-state index contributed by atoms with van der Waals surface area (Å²) in [6.07, 6.45) is 2.54. The molecule has 2 heterocycles. The van der Waals surface area contributed by atoms with Crippen LogP contribution in [0.25, 0.3) is 0 Å². The zero-order valence-corrected chi connectivity index (χ0v) is 17.0. The Bertz CT molecular complexity index is 949. The summed E-state index contributed by atoms with van der Waals surface area (Å²) < 4.78 is 5.24. The summed E-state index contributed by atoms with van der Waals surface area (Å²) in [5.41, 5.74) is 5.15. The van der Waals surface area contributed by atoms with Crippen LogP contribution in [0.1, 0.15) is 33.3 Å². The van der Waals surface area contributed by atoms with Crippen LogP contribution < -0.4 is 10.2 Å². The number of hydrogen-bond acceptors (Lipinski definition) is 4. The van der Waals surface area contributed by atoms with Gasteiger partial charge in [0.2, 0.25) is 0 Å². The smallest absolute Gasteiger partial charge is 0.287 e. The van der Waals surface area contributed by atoms with Gasteiger partial charge in [0.05, 0.1) is 12.3 Å². The van der Waals surface area contributed by atoms with Crippen LogP contribution in [-0.2, 0) is 13.0 Å². The van der Waals surface area contributed by atoms with Crippen LogP contribution in [0.3, 0.4) is 0 Å². The summed E-state index contributed by atoms with van der Waals surface area (Å²) in [4.78, 5) is 17.0. The fourth-order valence-electron chi connectivity index (χ4n) is 3.92. The summed E-state index contributed by atoms with van der Waals surface area (Å²) in [6.45, 7) is 2.38. The summed E-state index contributed by atoms with van der Waals surface area (Å²) in [7, 11) is 4.08. The number of furan rings is 1. The quantitative estimate of drug-likeness (QED) is 0.695. The van der Waals surface area contributed by atoms with E-state index >= 15 is 0 Å². The third kappa shape index (κ3) is 4.35. The molecule has 1 amide bonds. The van der Waals surface area contributed by atoms with Gasteiger partial charge in [-0.25, -0.2) is 0 Å². The highest BCUT2D eigenvalue weighted by Gasteiger charge is 2.25. The lowest BCUT2D eigenvalue weighted by molar-refractivity contribution is 0.0900. The van der Waals surface area contributed by atoms with Crippen molar-refractivity contribution in [2.75, 3.05) is 32.1 Å². The van der Waals surface area contributed by atoms with Crippen molar-refractivity contribution in [1.29, 1.82) is 0 Å². The maximum absolute atomic E-state index is 12.4. The Hall–Kier alpha value is -3.05. The molecular weight excluding hydrogens is 362 g/mol. The molecule has 1 N–H and O–H groups in total. The molecule has 0 radical (unpaired) electrons. The molecule has 1 atom stereocenters. The molecule has 0 aliphatic carbocycles. The van der Waals surface area contributed by atoms with E-state index in [-0.39, 0.29) is 11.9 Å². The van der Waals surface area contributed by atoms with Gasteiger partial charge >= 0.3 is 0 Å². The second kappa shape index (κ2) is 8.53. The van der Waals surface area contributed by atoms with Crippen molar-refractivity contribution in [2.24, 2.45) is 0 Å².